The second-order valence-electron chi connectivity index (χ2n) is 10.9. The van der Waals surface area contributed by atoms with E-state index in [2.05, 4.69) is 29.6 Å². The molecule has 4 unspecified atom stereocenters. The van der Waals surface area contributed by atoms with Crippen LogP contribution in [0, 0.1) is 11.8 Å². The van der Waals surface area contributed by atoms with Gasteiger partial charge in [-0.2, -0.15) is 0 Å². The lowest BCUT2D eigenvalue weighted by molar-refractivity contribution is -0.143. The molecule has 0 radical (unpaired) electrons. The van der Waals surface area contributed by atoms with Gasteiger partial charge < -0.3 is 19.9 Å². The Morgan fingerprint density at radius 2 is 1.58 bits per heavy atom. The number of amides is 2. The van der Waals surface area contributed by atoms with Gasteiger partial charge in [-0.25, -0.2) is 14.4 Å². The van der Waals surface area contributed by atoms with Gasteiger partial charge in [0.15, 0.2) is 0 Å². The lowest BCUT2D eigenvalue weighted by Gasteiger charge is -2.28. The molecule has 36 heavy (non-hydrogen) atoms. The molecular formula is C28H32N2O6. The maximum Gasteiger partial charge on any atom is 0.411 e. The zero-order chi connectivity index (χ0) is 25.6. The molecule has 8 heteroatoms. The molecule has 1 aliphatic heterocycles. The van der Waals surface area contributed by atoms with Crippen LogP contribution in [0.1, 0.15) is 50.7 Å². The van der Waals surface area contributed by atoms with Crippen LogP contribution in [0.4, 0.5) is 9.59 Å². The van der Waals surface area contributed by atoms with E-state index in [1.54, 1.807) is 20.8 Å². The molecular weight excluding hydrogens is 460 g/mol. The van der Waals surface area contributed by atoms with E-state index in [4.69, 9.17) is 9.47 Å². The van der Waals surface area contributed by atoms with Crippen molar-refractivity contribution in [1.29, 1.82) is 0 Å². The molecule has 2 N–H and O–H groups in total. The summed E-state index contributed by atoms with van der Waals surface area (Å²) in [7, 11) is 0. The monoisotopic (exact) mass is 492 g/mol. The number of hydrogen-bond donors (Lipinski definition) is 2. The Hall–Kier alpha value is -3.55. The number of benzene rings is 2. The Kier molecular flexibility index (Phi) is 6.14. The summed E-state index contributed by atoms with van der Waals surface area (Å²) >= 11 is 0. The number of rotatable bonds is 4. The smallest absolute Gasteiger partial charge is 0.411 e. The molecule has 4 atom stereocenters. The Balaban J connectivity index is 1.24. The quantitative estimate of drug-likeness (QED) is 0.645. The number of aliphatic carboxylic acids is 1. The third-order valence-electron chi connectivity index (χ3n) is 7.55. The van der Waals surface area contributed by atoms with Gasteiger partial charge in [0, 0.05) is 24.4 Å². The van der Waals surface area contributed by atoms with Crippen LogP contribution in [-0.2, 0) is 14.3 Å². The first-order chi connectivity index (χ1) is 17.1. The van der Waals surface area contributed by atoms with E-state index in [9.17, 15) is 19.5 Å². The molecule has 1 saturated heterocycles. The summed E-state index contributed by atoms with van der Waals surface area (Å²) in [6.07, 6.45) is 0.0927. The summed E-state index contributed by atoms with van der Waals surface area (Å²) in [5.74, 6) is -1.49. The highest BCUT2D eigenvalue weighted by atomic mass is 16.6. The molecule has 0 aromatic heterocycles. The number of hydrogen-bond acceptors (Lipinski definition) is 5. The van der Waals surface area contributed by atoms with Crippen LogP contribution in [0.15, 0.2) is 48.5 Å². The van der Waals surface area contributed by atoms with Crippen LogP contribution in [0.2, 0.25) is 0 Å². The minimum atomic E-state index is -1.05. The number of carboxylic acid groups (broad SMARTS) is 1. The Bertz CT molecular complexity index is 1140. The zero-order valence-electron chi connectivity index (χ0n) is 20.8. The molecule has 1 saturated carbocycles. The summed E-state index contributed by atoms with van der Waals surface area (Å²) in [5.41, 5.74) is 3.87. The molecule has 2 fully saturated rings. The van der Waals surface area contributed by atoms with Gasteiger partial charge in [-0.15, -0.1) is 0 Å². The minimum absolute atomic E-state index is 0.0370. The molecule has 0 spiro atoms. The van der Waals surface area contributed by atoms with E-state index >= 15 is 0 Å². The van der Waals surface area contributed by atoms with Gasteiger partial charge in [-0.3, -0.25) is 4.90 Å². The first kappa shape index (κ1) is 24.2. The first-order valence-corrected chi connectivity index (χ1v) is 12.5. The third-order valence-corrected chi connectivity index (χ3v) is 7.55. The van der Waals surface area contributed by atoms with E-state index in [0.717, 1.165) is 22.3 Å². The number of nitrogens with one attached hydrogen (secondary N) is 1. The van der Waals surface area contributed by atoms with Gasteiger partial charge >= 0.3 is 18.2 Å². The van der Waals surface area contributed by atoms with Crippen molar-refractivity contribution in [2.24, 2.45) is 11.8 Å². The largest absolute Gasteiger partial charge is 0.480 e. The van der Waals surface area contributed by atoms with Crippen molar-refractivity contribution >= 4 is 18.2 Å². The zero-order valence-corrected chi connectivity index (χ0v) is 20.8. The molecule has 0 bridgehead atoms. The Labute approximate surface area is 210 Å². The molecule has 5 rings (SSSR count). The van der Waals surface area contributed by atoms with Crippen molar-refractivity contribution in [1.82, 2.24) is 10.2 Å². The van der Waals surface area contributed by atoms with Gasteiger partial charge in [-0.1, -0.05) is 48.5 Å². The van der Waals surface area contributed by atoms with Crippen LogP contribution in [0.25, 0.3) is 11.1 Å². The fourth-order valence-electron chi connectivity index (χ4n) is 6.12. The Morgan fingerprint density at radius 1 is 0.972 bits per heavy atom. The van der Waals surface area contributed by atoms with Crippen LogP contribution in [-0.4, -0.2) is 59.0 Å². The fraction of sp³-hybridized carbons (Fsp3) is 0.464. The number of carbonyl (C=O) groups excluding carboxylic acids is 2. The van der Waals surface area contributed by atoms with Gasteiger partial charge in [0.1, 0.15) is 18.2 Å². The number of likely N-dealkylation sites (tertiary alicyclic amines) is 1. The standard InChI is InChI=1S/C28H32N2O6/c1-28(2,3)36-27(34)30-14-21-20(24(30)25(31)32)12-13-23(21)29-26(33)35-15-22-18-10-6-4-8-16(18)17-9-5-7-11-19(17)22/h4-11,20-24H,12-15H2,1-3H3,(H,29,33)(H,31,32). The number of carbonyl (C=O) groups is 3. The number of fused-ring (bicyclic) bond motifs is 4. The second kappa shape index (κ2) is 9.15. The van der Waals surface area contributed by atoms with Crippen molar-refractivity contribution in [3.8, 4) is 11.1 Å². The lowest BCUT2D eigenvalue weighted by Crippen LogP contribution is -2.45. The van der Waals surface area contributed by atoms with E-state index in [1.807, 2.05) is 24.3 Å². The maximum absolute atomic E-state index is 12.8. The summed E-state index contributed by atoms with van der Waals surface area (Å²) < 4.78 is 11.1. The highest BCUT2D eigenvalue weighted by Crippen LogP contribution is 2.45. The van der Waals surface area contributed by atoms with Gasteiger partial charge in [0.2, 0.25) is 0 Å². The molecule has 8 nitrogen and oxygen atoms in total. The van der Waals surface area contributed by atoms with Gasteiger partial charge in [-0.05, 0) is 61.8 Å². The SMILES string of the molecule is CC(C)(C)OC(=O)N1CC2C(NC(=O)OCC3c4ccccc4-c4ccccc43)CCC2C1C(=O)O. The van der Waals surface area contributed by atoms with Crippen LogP contribution in [0.5, 0.6) is 0 Å². The van der Waals surface area contributed by atoms with Gasteiger partial charge in [0.25, 0.3) is 0 Å². The molecule has 1 heterocycles. The molecule has 2 amide bonds. The predicted octanol–water partition coefficient (Wildman–Crippen LogP) is 4.62. The van der Waals surface area contributed by atoms with E-state index < -0.39 is 29.8 Å². The van der Waals surface area contributed by atoms with Crippen molar-refractivity contribution in [3.63, 3.8) is 0 Å². The average Bonchev–Trinajstić information content (AvgIpc) is 3.47. The minimum Gasteiger partial charge on any atom is -0.480 e. The van der Waals surface area contributed by atoms with E-state index in [1.165, 1.54) is 4.90 Å². The Morgan fingerprint density at radius 3 is 2.17 bits per heavy atom. The lowest BCUT2D eigenvalue weighted by atomic mass is 9.92. The van der Waals surface area contributed by atoms with Crippen molar-refractivity contribution < 1.29 is 29.0 Å². The van der Waals surface area contributed by atoms with Crippen molar-refractivity contribution in [3.05, 3.63) is 59.7 Å². The maximum atomic E-state index is 12.8. The molecule has 2 aliphatic carbocycles. The van der Waals surface area contributed by atoms with Crippen LogP contribution in [0.3, 0.4) is 0 Å². The molecule has 3 aliphatic rings. The molecule has 2 aromatic rings. The fourth-order valence-corrected chi connectivity index (χ4v) is 6.12. The number of carboxylic acids is 1. The normalized spacial score (nSPS) is 24.6. The van der Waals surface area contributed by atoms with E-state index in [-0.39, 0.29) is 36.9 Å². The summed E-state index contributed by atoms with van der Waals surface area (Å²) in [6.45, 7) is 5.69. The van der Waals surface area contributed by atoms with Crippen molar-refractivity contribution in [2.75, 3.05) is 13.2 Å². The number of ether oxygens (including phenoxy) is 2. The molecule has 2 aromatic carbocycles. The van der Waals surface area contributed by atoms with Crippen LogP contribution < -0.4 is 5.32 Å². The van der Waals surface area contributed by atoms with E-state index in [0.29, 0.717) is 12.8 Å². The first-order valence-electron chi connectivity index (χ1n) is 12.5. The topological polar surface area (TPSA) is 105 Å². The number of nitrogens with zero attached hydrogens (tertiary/aromatic N) is 1. The van der Waals surface area contributed by atoms with Crippen molar-refractivity contribution in [2.45, 2.75) is 57.2 Å². The molecule has 190 valence electrons. The number of alkyl carbamates (subject to hydrolysis) is 1. The van der Waals surface area contributed by atoms with Gasteiger partial charge in [0.05, 0.1) is 0 Å². The summed E-state index contributed by atoms with van der Waals surface area (Å²) in [6, 6.07) is 15.1. The second-order valence-corrected chi connectivity index (χ2v) is 10.9. The summed E-state index contributed by atoms with van der Waals surface area (Å²) in [5, 5.41) is 12.8. The highest BCUT2D eigenvalue weighted by Gasteiger charge is 2.54. The van der Waals surface area contributed by atoms with Crippen LogP contribution >= 0.6 is 0 Å². The summed E-state index contributed by atoms with van der Waals surface area (Å²) in [4.78, 5) is 38.9. The predicted molar refractivity (Wildman–Crippen MR) is 133 cm³/mol. The third kappa shape index (κ3) is 4.40. The average molecular weight is 493 g/mol. The highest BCUT2D eigenvalue weighted by molar-refractivity contribution is 5.82.